The Balaban J connectivity index is 1.74. The maximum Gasteiger partial charge on any atom is 0.407 e. The van der Waals surface area contributed by atoms with Crippen molar-refractivity contribution in [3.8, 4) is 0 Å². The summed E-state index contributed by atoms with van der Waals surface area (Å²) in [6, 6.07) is -1.24. The Labute approximate surface area is 172 Å². The van der Waals surface area contributed by atoms with Crippen molar-refractivity contribution in [3.63, 3.8) is 0 Å². The van der Waals surface area contributed by atoms with E-state index in [4.69, 9.17) is 14.4 Å². The van der Waals surface area contributed by atoms with Crippen LogP contribution in [0.25, 0.3) is 0 Å². The number of amides is 4. The molecular weight excluding hydrogens is 380 g/mol. The normalized spacial score (nSPS) is 22.4. The maximum absolute atomic E-state index is 12.6. The summed E-state index contributed by atoms with van der Waals surface area (Å²) in [5, 5.41) is 4.04. The van der Waals surface area contributed by atoms with Gasteiger partial charge in [0.05, 0.1) is 25.3 Å². The lowest BCUT2D eigenvalue weighted by Crippen LogP contribution is -2.50. The van der Waals surface area contributed by atoms with Gasteiger partial charge < -0.3 is 15.0 Å². The summed E-state index contributed by atoms with van der Waals surface area (Å²) in [7, 11) is 0. The molecule has 29 heavy (non-hydrogen) atoms. The second kappa shape index (κ2) is 10.1. The van der Waals surface area contributed by atoms with Crippen LogP contribution in [0.15, 0.2) is 0 Å². The summed E-state index contributed by atoms with van der Waals surface area (Å²) >= 11 is 0. The number of nitrogens with one attached hydrogen (secondary N) is 2. The number of hydrogen-bond donors (Lipinski definition) is 2. The monoisotopic (exact) mass is 414 g/mol. The molecule has 2 heterocycles. The van der Waals surface area contributed by atoms with Crippen molar-refractivity contribution in [2.45, 2.75) is 84.0 Å². The number of urea groups is 1. The van der Waals surface area contributed by atoms with Crippen LogP contribution in [-0.2, 0) is 19.2 Å². The van der Waals surface area contributed by atoms with E-state index in [0.29, 0.717) is 26.0 Å². The van der Waals surface area contributed by atoms with Crippen LogP contribution in [0, 0.1) is 0 Å². The standard InChI is InChI=1S/C19H34N4O6/c1-6-7-10-28-23-14-8-9-15(22(11-14)18(23)26)16(24)21-27-12-13(2)20-17(25)29-19(3,4)5/h13-15H,6-12H2,1-5H3,(H,20,25)(H,21,24)/t13-,14?,15+/m1/s1. The first-order valence-corrected chi connectivity index (χ1v) is 10.3. The van der Waals surface area contributed by atoms with Gasteiger partial charge in [-0.1, -0.05) is 13.3 Å². The molecule has 0 spiro atoms. The lowest BCUT2D eigenvalue weighted by Gasteiger charge is -2.29. The molecule has 0 aromatic heterocycles. The van der Waals surface area contributed by atoms with Crippen LogP contribution in [0.5, 0.6) is 0 Å². The van der Waals surface area contributed by atoms with Gasteiger partial charge in [-0.3, -0.25) is 14.5 Å². The van der Waals surface area contributed by atoms with E-state index in [1.165, 1.54) is 9.96 Å². The summed E-state index contributed by atoms with van der Waals surface area (Å²) in [4.78, 5) is 49.1. The molecule has 2 rings (SSSR count). The minimum absolute atomic E-state index is 0.0117. The van der Waals surface area contributed by atoms with E-state index in [0.717, 1.165) is 12.8 Å². The fraction of sp³-hybridized carbons (Fsp3) is 0.842. The van der Waals surface area contributed by atoms with Crippen molar-refractivity contribution < 1.29 is 28.8 Å². The van der Waals surface area contributed by atoms with Crippen molar-refractivity contribution in [3.05, 3.63) is 0 Å². The third-order valence-electron chi connectivity index (χ3n) is 4.62. The SMILES string of the molecule is CCCCON1C(=O)N2CC1CC[C@H]2C(=O)NOC[C@@H](C)NC(=O)OC(C)(C)C. The number of hydrogen-bond acceptors (Lipinski definition) is 6. The number of ether oxygens (including phenoxy) is 1. The van der Waals surface area contributed by atoms with Gasteiger partial charge in [0.25, 0.3) is 5.91 Å². The smallest absolute Gasteiger partial charge is 0.407 e. The number of nitrogens with zero attached hydrogens (tertiary/aromatic N) is 2. The molecule has 10 nitrogen and oxygen atoms in total. The number of carbonyl (C=O) groups excluding carboxylic acids is 3. The molecule has 0 aliphatic carbocycles. The van der Waals surface area contributed by atoms with Gasteiger partial charge in [-0.25, -0.2) is 15.1 Å². The summed E-state index contributed by atoms with van der Waals surface area (Å²) in [5.41, 5.74) is 1.80. The first-order chi connectivity index (χ1) is 13.6. The Hall–Kier alpha value is -2.07. The zero-order chi connectivity index (χ0) is 21.6. The summed E-state index contributed by atoms with van der Waals surface area (Å²) in [6.45, 7) is 10.2. The van der Waals surface area contributed by atoms with Gasteiger partial charge in [-0.2, -0.15) is 5.06 Å². The molecule has 0 radical (unpaired) electrons. The summed E-state index contributed by atoms with van der Waals surface area (Å²) < 4.78 is 5.17. The van der Waals surface area contributed by atoms with Crippen LogP contribution < -0.4 is 10.8 Å². The lowest BCUT2D eigenvalue weighted by atomic mass is 10.0. The molecule has 2 fully saturated rings. The maximum atomic E-state index is 12.6. The van der Waals surface area contributed by atoms with Crippen molar-refractivity contribution in [2.24, 2.45) is 0 Å². The number of rotatable bonds is 9. The third-order valence-corrected chi connectivity index (χ3v) is 4.62. The van der Waals surface area contributed by atoms with Crippen molar-refractivity contribution >= 4 is 18.0 Å². The van der Waals surface area contributed by atoms with Crippen molar-refractivity contribution in [1.29, 1.82) is 0 Å². The van der Waals surface area contributed by atoms with Crippen LogP contribution in [-0.4, -0.2) is 71.5 Å². The quantitative estimate of drug-likeness (QED) is 0.441. The zero-order valence-electron chi connectivity index (χ0n) is 18.0. The van der Waals surface area contributed by atoms with Crippen molar-refractivity contribution in [2.75, 3.05) is 19.8 Å². The minimum atomic E-state index is -0.590. The van der Waals surface area contributed by atoms with Crippen LogP contribution in [0.1, 0.15) is 60.3 Å². The van der Waals surface area contributed by atoms with Gasteiger partial charge in [0.15, 0.2) is 0 Å². The third kappa shape index (κ3) is 6.74. The lowest BCUT2D eigenvalue weighted by molar-refractivity contribution is -0.139. The molecule has 0 aromatic carbocycles. The Kier molecular flexibility index (Phi) is 8.09. The predicted octanol–water partition coefficient (Wildman–Crippen LogP) is 1.95. The topological polar surface area (TPSA) is 109 Å². The molecular formula is C19H34N4O6. The molecule has 3 atom stereocenters. The van der Waals surface area contributed by atoms with Crippen molar-refractivity contribution in [1.82, 2.24) is 20.8 Å². The highest BCUT2D eigenvalue weighted by molar-refractivity contribution is 5.88. The number of fused-ring (bicyclic) bond motifs is 2. The molecule has 2 aliphatic heterocycles. The van der Waals surface area contributed by atoms with E-state index in [1.807, 2.05) is 0 Å². The summed E-state index contributed by atoms with van der Waals surface area (Å²) in [5.74, 6) is -0.378. The van der Waals surface area contributed by atoms with E-state index in [2.05, 4.69) is 17.7 Å². The average Bonchev–Trinajstić information content (AvgIpc) is 2.84. The van der Waals surface area contributed by atoms with E-state index in [9.17, 15) is 14.4 Å². The number of alkyl carbamates (subject to hydrolysis) is 1. The highest BCUT2D eigenvalue weighted by Gasteiger charge is 2.47. The van der Waals surface area contributed by atoms with Crippen LogP contribution in [0.4, 0.5) is 9.59 Å². The predicted molar refractivity (Wildman–Crippen MR) is 105 cm³/mol. The van der Waals surface area contributed by atoms with Gasteiger partial charge in [0.2, 0.25) is 0 Å². The van der Waals surface area contributed by atoms with Gasteiger partial charge in [0, 0.05) is 6.54 Å². The van der Waals surface area contributed by atoms with Crippen LogP contribution >= 0.6 is 0 Å². The molecule has 0 aromatic rings. The molecule has 1 unspecified atom stereocenters. The Morgan fingerprint density at radius 3 is 2.66 bits per heavy atom. The Morgan fingerprint density at radius 2 is 2.00 bits per heavy atom. The van der Waals surface area contributed by atoms with E-state index < -0.39 is 17.7 Å². The first kappa shape index (κ1) is 23.2. The highest BCUT2D eigenvalue weighted by atomic mass is 16.7. The molecule has 166 valence electrons. The molecule has 4 amide bonds. The minimum Gasteiger partial charge on any atom is -0.444 e. The number of piperidine rings is 1. The second-order valence-electron chi connectivity index (χ2n) is 8.52. The Morgan fingerprint density at radius 1 is 1.28 bits per heavy atom. The first-order valence-electron chi connectivity index (χ1n) is 10.3. The van der Waals surface area contributed by atoms with Gasteiger partial charge in [0.1, 0.15) is 11.6 Å². The van der Waals surface area contributed by atoms with E-state index in [-0.39, 0.29) is 30.6 Å². The second-order valence-corrected chi connectivity index (χ2v) is 8.52. The van der Waals surface area contributed by atoms with Gasteiger partial charge >= 0.3 is 12.1 Å². The van der Waals surface area contributed by atoms with E-state index in [1.54, 1.807) is 27.7 Å². The number of hydroxylamine groups is 3. The Bertz CT molecular complexity index is 594. The van der Waals surface area contributed by atoms with Crippen LogP contribution in [0.2, 0.25) is 0 Å². The summed E-state index contributed by atoms with van der Waals surface area (Å²) in [6.07, 6.45) is 2.56. The van der Waals surface area contributed by atoms with Gasteiger partial charge in [-0.05, 0) is 47.0 Å². The number of unbranched alkanes of at least 4 members (excludes halogenated alkanes) is 1. The largest absolute Gasteiger partial charge is 0.444 e. The molecule has 0 saturated carbocycles. The fourth-order valence-electron chi connectivity index (χ4n) is 3.23. The van der Waals surface area contributed by atoms with E-state index >= 15 is 0 Å². The van der Waals surface area contributed by atoms with Crippen LogP contribution in [0.3, 0.4) is 0 Å². The molecule has 2 N–H and O–H groups in total. The average molecular weight is 415 g/mol. The highest BCUT2D eigenvalue weighted by Crippen LogP contribution is 2.30. The number of carbonyl (C=O) groups is 3. The molecule has 2 aliphatic rings. The molecule has 2 bridgehead atoms. The fourth-order valence-corrected chi connectivity index (χ4v) is 3.23. The molecule has 2 saturated heterocycles. The van der Waals surface area contributed by atoms with Gasteiger partial charge in [-0.15, -0.1) is 0 Å². The molecule has 10 heteroatoms. The zero-order valence-corrected chi connectivity index (χ0v) is 18.0.